The lowest BCUT2D eigenvalue weighted by Gasteiger charge is -2.16. The van der Waals surface area contributed by atoms with E-state index in [2.05, 4.69) is 15.6 Å². The van der Waals surface area contributed by atoms with Crippen molar-refractivity contribution in [3.8, 4) is 6.07 Å². The van der Waals surface area contributed by atoms with Crippen LogP contribution in [-0.2, 0) is 0 Å². The Morgan fingerprint density at radius 3 is 2.30 bits per heavy atom. The lowest BCUT2D eigenvalue weighted by Crippen LogP contribution is -2.35. The van der Waals surface area contributed by atoms with Gasteiger partial charge in [-0.05, 0) is 37.1 Å². The Kier molecular flexibility index (Phi) is 6.16. The van der Waals surface area contributed by atoms with E-state index in [9.17, 15) is 9.59 Å². The largest absolute Gasteiger partial charge is 0.348 e. The summed E-state index contributed by atoms with van der Waals surface area (Å²) < 4.78 is 0. The van der Waals surface area contributed by atoms with E-state index in [0.29, 0.717) is 11.3 Å². The zero-order chi connectivity index (χ0) is 19.1. The number of carbonyl (C=O) groups excluding carboxylic acids is 2. The summed E-state index contributed by atoms with van der Waals surface area (Å²) in [5.41, 5.74) is 1.14. The Morgan fingerprint density at radius 2 is 1.59 bits per heavy atom. The Bertz CT molecular complexity index is 864. The summed E-state index contributed by atoms with van der Waals surface area (Å²) in [5.74, 6) is -0.712. The summed E-state index contributed by atoms with van der Waals surface area (Å²) >= 11 is 0. The van der Waals surface area contributed by atoms with Gasteiger partial charge in [-0.3, -0.25) is 9.59 Å². The molecule has 0 saturated heterocycles. The number of nitrogens with zero attached hydrogens (tertiary/aromatic N) is 2. The van der Waals surface area contributed by atoms with Crippen molar-refractivity contribution in [2.24, 2.45) is 0 Å². The van der Waals surface area contributed by atoms with E-state index in [1.54, 1.807) is 42.5 Å². The molecule has 1 aliphatic carbocycles. The maximum absolute atomic E-state index is 12.5. The molecule has 1 saturated carbocycles. The molecule has 0 atom stereocenters. The van der Waals surface area contributed by atoms with Gasteiger partial charge in [-0.15, -0.1) is 0 Å². The molecule has 2 aromatic rings. The number of nitriles is 1. The molecule has 1 heterocycles. The smallest absolute Gasteiger partial charge is 0.274 e. The quantitative estimate of drug-likeness (QED) is 0.812. The third-order valence-electron chi connectivity index (χ3n) is 4.70. The SMILES string of the molecule is N#Cc1ccccc1NC(=O)c1cccc(C(=O)NC2CCCCCC2)n1. The Morgan fingerprint density at radius 1 is 0.926 bits per heavy atom. The van der Waals surface area contributed by atoms with Crippen molar-refractivity contribution < 1.29 is 9.59 Å². The van der Waals surface area contributed by atoms with E-state index in [0.717, 1.165) is 25.7 Å². The van der Waals surface area contributed by atoms with Gasteiger partial charge in [-0.2, -0.15) is 5.26 Å². The van der Waals surface area contributed by atoms with Crippen LogP contribution in [0.3, 0.4) is 0 Å². The van der Waals surface area contributed by atoms with Gasteiger partial charge in [-0.1, -0.05) is 43.9 Å². The lowest BCUT2D eigenvalue weighted by molar-refractivity contribution is 0.0928. The van der Waals surface area contributed by atoms with Crippen molar-refractivity contribution in [1.82, 2.24) is 10.3 Å². The highest BCUT2D eigenvalue weighted by Gasteiger charge is 2.18. The van der Waals surface area contributed by atoms with Crippen molar-refractivity contribution in [2.45, 2.75) is 44.6 Å². The zero-order valence-electron chi connectivity index (χ0n) is 15.1. The molecule has 2 N–H and O–H groups in total. The van der Waals surface area contributed by atoms with E-state index in [-0.39, 0.29) is 23.3 Å². The van der Waals surface area contributed by atoms with Crippen LogP contribution in [0.2, 0.25) is 0 Å². The van der Waals surface area contributed by atoms with Crippen molar-refractivity contribution in [3.05, 3.63) is 59.4 Å². The molecule has 3 rings (SSSR count). The molecule has 138 valence electrons. The van der Waals surface area contributed by atoms with Gasteiger partial charge < -0.3 is 10.6 Å². The fraction of sp³-hybridized carbons (Fsp3) is 0.333. The molecular formula is C21H22N4O2. The molecule has 27 heavy (non-hydrogen) atoms. The monoisotopic (exact) mass is 362 g/mol. The minimum atomic E-state index is -0.457. The van der Waals surface area contributed by atoms with Crippen LogP contribution >= 0.6 is 0 Å². The van der Waals surface area contributed by atoms with Crippen molar-refractivity contribution in [2.75, 3.05) is 5.32 Å². The second kappa shape index (κ2) is 8.95. The topological polar surface area (TPSA) is 94.9 Å². The number of para-hydroxylation sites is 1. The Hall–Kier alpha value is -3.20. The Balaban J connectivity index is 1.70. The maximum Gasteiger partial charge on any atom is 0.274 e. The normalized spacial score (nSPS) is 14.6. The van der Waals surface area contributed by atoms with Gasteiger partial charge in [0.25, 0.3) is 11.8 Å². The van der Waals surface area contributed by atoms with Gasteiger partial charge >= 0.3 is 0 Å². The van der Waals surface area contributed by atoms with Gasteiger partial charge in [0.15, 0.2) is 0 Å². The first-order valence-corrected chi connectivity index (χ1v) is 9.26. The van der Waals surface area contributed by atoms with Crippen LogP contribution in [0.1, 0.15) is 65.1 Å². The number of amides is 2. The second-order valence-electron chi connectivity index (χ2n) is 6.68. The molecule has 6 heteroatoms. The van der Waals surface area contributed by atoms with Gasteiger partial charge in [0.1, 0.15) is 17.5 Å². The predicted molar refractivity (Wildman–Crippen MR) is 102 cm³/mol. The molecule has 6 nitrogen and oxygen atoms in total. The second-order valence-corrected chi connectivity index (χ2v) is 6.68. The number of benzene rings is 1. The summed E-state index contributed by atoms with van der Waals surface area (Å²) in [5, 5.41) is 14.8. The average Bonchev–Trinajstić information content (AvgIpc) is 2.97. The molecule has 1 aromatic heterocycles. The molecule has 0 bridgehead atoms. The summed E-state index contributed by atoms with van der Waals surface area (Å²) in [4.78, 5) is 29.2. The zero-order valence-corrected chi connectivity index (χ0v) is 15.1. The maximum atomic E-state index is 12.5. The van der Waals surface area contributed by atoms with Crippen LogP contribution in [0.5, 0.6) is 0 Å². The number of carbonyl (C=O) groups is 2. The van der Waals surface area contributed by atoms with E-state index >= 15 is 0 Å². The molecule has 1 fully saturated rings. The summed E-state index contributed by atoms with van der Waals surface area (Å²) in [6, 6.07) is 13.7. The van der Waals surface area contributed by atoms with Crippen LogP contribution in [0.25, 0.3) is 0 Å². The molecule has 1 aliphatic rings. The molecule has 1 aromatic carbocycles. The lowest BCUT2D eigenvalue weighted by atomic mass is 10.1. The van der Waals surface area contributed by atoms with Gasteiger partial charge in [-0.25, -0.2) is 4.98 Å². The minimum absolute atomic E-state index is 0.135. The predicted octanol–water partition coefficient (Wildman–Crippen LogP) is 3.66. The summed E-state index contributed by atoms with van der Waals surface area (Å²) in [6.45, 7) is 0. The van der Waals surface area contributed by atoms with Gasteiger partial charge in [0.2, 0.25) is 0 Å². The van der Waals surface area contributed by atoms with Crippen LogP contribution in [-0.4, -0.2) is 22.8 Å². The van der Waals surface area contributed by atoms with E-state index in [1.165, 1.54) is 12.8 Å². The van der Waals surface area contributed by atoms with E-state index < -0.39 is 5.91 Å². The Labute approximate surface area is 158 Å². The summed E-state index contributed by atoms with van der Waals surface area (Å²) in [7, 11) is 0. The van der Waals surface area contributed by atoms with Crippen molar-refractivity contribution in [3.63, 3.8) is 0 Å². The highest BCUT2D eigenvalue weighted by Crippen LogP contribution is 2.18. The number of anilines is 1. The highest BCUT2D eigenvalue weighted by atomic mass is 16.2. The molecule has 0 aliphatic heterocycles. The van der Waals surface area contributed by atoms with Crippen LogP contribution in [0.4, 0.5) is 5.69 Å². The number of rotatable bonds is 4. The highest BCUT2D eigenvalue weighted by molar-refractivity contribution is 6.04. The molecule has 0 radical (unpaired) electrons. The molecule has 2 amide bonds. The number of nitrogens with one attached hydrogen (secondary N) is 2. The summed E-state index contributed by atoms with van der Waals surface area (Å²) in [6.07, 6.45) is 6.64. The fourth-order valence-corrected chi connectivity index (χ4v) is 3.25. The molecule has 0 spiro atoms. The van der Waals surface area contributed by atoms with Crippen molar-refractivity contribution >= 4 is 17.5 Å². The van der Waals surface area contributed by atoms with Crippen LogP contribution in [0.15, 0.2) is 42.5 Å². The number of pyridine rings is 1. The average molecular weight is 362 g/mol. The number of hydrogen-bond acceptors (Lipinski definition) is 4. The fourth-order valence-electron chi connectivity index (χ4n) is 3.25. The van der Waals surface area contributed by atoms with Crippen LogP contribution in [0, 0.1) is 11.3 Å². The van der Waals surface area contributed by atoms with Gasteiger partial charge in [0, 0.05) is 6.04 Å². The third-order valence-corrected chi connectivity index (χ3v) is 4.70. The number of hydrogen-bond donors (Lipinski definition) is 2. The van der Waals surface area contributed by atoms with Gasteiger partial charge in [0.05, 0.1) is 11.3 Å². The van der Waals surface area contributed by atoms with E-state index in [1.807, 2.05) is 6.07 Å². The number of aromatic nitrogens is 1. The first kappa shape index (κ1) is 18.6. The van der Waals surface area contributed by atoms with Crippen LogP contribution < -0.4 is 10.6 Å². The third kappa shape index (κ3) is 4.91. The standard InChI is InChI=1S/C21H22N4O2/c22-14-15-8-5-6-11-17(15)25-21(27)19-13-7-12-18(24-19)20(26)23-16-9-3-1-2-4-10-16/h5-8,11-13,16H,1-4,9-10H2,(H,23,26)(H,25,27). The molecule has 0 unspecified atom stereocenters. The molecular weight excluding hydrogens is 340 g/mol. The minimum Gasteiger partial charge on any atom is -0.348 e. The van der Waals surface area contributed by atoms with E-state index in [4.69, 9.17) is 5.26 Å². The first-order chi connectivity index (χ1) is 13.2. The first-order valence-electron chi connectivity index (χ1n) is 9.26. The van der Waals surface area contributed by atoms with Crippen molar-refractivity contribution in [1.29, 1.82) is 5.26 Å².